The van der Waals surface area contributed by atoms with Crippen LogP contribution >= 0.6 is 0 Å². The van der Waals surface area contributed by atoms with Gasteiger partial charge in [-0.15, -0.1) is 0 Å². The molecule has 0 radical (unpaired) electrons. The summed E-state index contributed by atoms with van der Waals surface area (Å²) in [5, 5.41) is 12.0. The molecule has 1 amide bonds. The molecule has 0 aliphatic heterocycles. The summed E-state index contributed by atoms with van der Waals surface area (Å²) in [7, 11) is 1.41. The van der Waals surface area contributed by atoms with Crippen molar-refractivity contribution >= 4 is 12.0 Å². The van der Waals surface area contributed by atoms with Gasteiger partial charge < -0.3 is 14.8 Å². The third-order valence-electron chi connectivity index (χ3n) is 4.88. The average Bonchev–Trinajstić information content (AvgIpc) is 2.85. The highest BCUT2D eigenvalue weighted by atomic mass is 19.4. The second-order valence-corrected chi connectivity index (χ2v) is 7.38. The number of amides is 1. The first-order valence-corrected chi connectivity index (χ1v) is 10.3. The summed E-state index contributed by atoms with van der Waals surface area (Å²) in [5.74, 6) is -0.474. The molecule has 3 aromatic carbocycles. The number of alkyl halides is 3. The molecule has 180 valence electrons. The molecule has 35 heavy (non-hydrogen) atoms. The Labute approximate surface area is 199 Å². The fraction of sp³-hybridized carbons (Fsp3) is 0.154. The van der Waals surface area contributed by atoms with Gasteiger partial charge in [-0.25, -0.2) is 4.39 Å². The Balaban J connectivity index is 1.74. The van der Waals surface area contributed by atoms with E-state index in [1.807, 2.05) is 6.07 Å². The van der Waals surface area contributed by atoms with E-state index in [4.69, 9.17) is 9.47 Å². The molecule has 0 heterocycles. The second kappa shape index (κ2) is 11.2. The highest BCUT2D eigenvalue weighted by molar-refractivity contribution is 6.01. The number of hydrogen-bond donors (Lipinski definition) is 1. The molecule has 0 aliphatic rings. The molecule has 9 heteroatoms. The van der Waals surface area contributed by atoms with Crippen LogP contribution in [0.25, 0.3) is 6.08 Å². The van der Waals surface area contributed by atoms with E-state index in [9.17, 15) is 27.6 Å². The maximum absolute atomic E-state index is 13.0. The largest absolute Gasteiger partial charge is 0.493 e. The Morgan fingerprint density at radius 1 is 1.03 bits per heavy atom. The van der Waals surface area contributed by atoms with Gasteiger partial charge in [0.1, 0.15) is 24.1 Å². The van der Waals surface area contributed by atoms with Crippen LogP contribution in [0.15, 0.2) is 72.3 Å². The molecule has 0 aliphatic carbocycles. The summed E-state index contributed by atoms with van der Waals surface area (Å²) >= 11 is 0. The van der Waals surface area contributed by atoms with Crippen molar-refractivity contribution in [2.24, 2.45) is 0 Å². The summed E-state index contributed by atoms with van der Waals surface area (Å²) in [5.41, 5.74) is 0.444. The molecule has 0 bridgehead atoms. The predicted molar refractivity (Wildman–Crippen MR) is 121 cm³/mol. The number of benzene rings is 3. The fourth-order valence-electron chi connectivity index (χ4n) is 3.09. The topological polar surface area (TPSA) is 71.3 Å². The summed E-state index contributed by atoms with van der Waals surface area (Å²) < 4.78 is 62.8. The zero-order chi connectivity index (χ0) is 25.4. The number of nitriles is 1. The molecule has 3 rings (SSSR count). The number of nitrogens with zero attached hydrogens (tertiary/aromatic N) is 1. The van der Waals surface area contributed by atoms with Crippen LogP contribution < -0.4 is 14.8 Å². The third kappa shape index (κ3) is 7.08. The highest BCUT2D eigenvalue weighted by Crippen LogP contribution is 2.32. The van der Waals surface area contributed by atoms with Crippen molar-refractivity contribution < 1.29 is 31.8 Å². The van der Waals surface area contributed by atoms with Crippen LogP contribution in [-0.4, -0.2) is 13.0 Å². The first kappa shape index (κ1) is 25.3. The van der Waals surface area contributed by atoms with E-state index >= 15 is 0 Å². The lowest BCUT2D eigenvalue weighted by molar-refractivity contribution is -0.137. The zero-order valence-electron chi connectivity index (χ0n) is 18.5. The van der Waals surface area contributed by atoms with E-state index in [1.165, 1.54) is 55.7 Å². The van der Waals surface area contributed by atoms with Gasteiger partial charge in [0, 0.05) is 6.54 Å². The lowest BCUT2D eigenvalue weighted by atomic mass is 10.1. The molecule has 0 atom stereocenters. The van der Waals surface area contributed by atoms with Gasteiger partial charge >= 0.3 is 6.18 Å². The number of hydrogen-bond acceptors (Lipinski definition) is 4. The minimum Gasteiger partial charge on any atom is -0.493 e. The molecule has 0 fully saturated rings. The number of ether oxygens (including phenoxy) is 2. The number of halogens is 4. The zero-order valence-corrected chi connectivity index (χ0v) is 18.5. The van der Waals surface area contributed by atoms with Gasteiger partial charge in [0.15, 0.2) is 11.5 Å². The second-order valence-electron chi connectivity index (χ2n) is 7.38. The molecule has 0 aromatic heterocycles. The molecule has 0 spiro atoms. The summed E-state index contributed by atoms with van der Waals surface area (Å²) in [6.07, 6.45) is -3.13. The Morgan fingerprint density at radius 2 is 1.77 bits per heavy atom. The number of rotatable bonds is 8. The van der Waals surface area contributed by atoms with Crippen molar-refractivity contribution in [3.05, 3.63) is 100 Å². The maximum Gasteiger partial charge on any atom is 0.416 e. The fourth-order valence-corrected chi connectivity index (χ4v) is 3.09. The molecule has 3 aromatic rings. The normalized spacial score (nSPS) is 11.5. The van der Waals surface area contributed by atoms with Crippen LogP contribution in [0, 0.1) is 17.1 Å². The van der Waals surface area contributed by atoms with Crippen molar-refractivity contribution in [3.8, 4) is 17.6 Å². The Hall–Kier alpha value is -4.32. The molecule has 0 unspecified atom stereocenters. The van der Waals surface area contributed by atoms with Gasteiger partial charge in [0.25, 0.3) is 5.91 Å². The van der Waals surface area contributed by atoms with Gasteiger partial charge in [-0.3, -0.25) is 4.79 Å². The number of methoxy groups -OCH3 is 1. The minimum atomic E-state index is -4.47. The summed E-state index contributed by atoms with van der Waals surface area (Å²) in [4.78, 5) is 12.4. The monoisotopic (exact) mass is 484 g/mol. The smallest absolute Gasteiger partial charge is 0.416 e. The molecule has 0 saturated heterocycles. The van der Waals surface area contributed by atoms with Gasteiger partial charge in [0.05, 0.1) is 12.7 Å². The molecular formula is C26H20F4N2O3. The van der Waals surface area contributed by atoms with Crippen molar-refractivity contribution in [1.82, 2.24) is 5.32 Å². The van der Waals surface area contributed by atoms with Gasteiger partial charge in [-0.2, -0.15) is 18.4 Å². The van der Waals surface area contributed by atoms with E-state index in [0.717, 1.165) is 12.1 Å². The van der Waals surface area contributed by atoms with Gasteiger partial charge in [0.2, 0.25) is 0 Å². The molecule has 5 nitrogen and oxygen atoms in total. The quantitative estimate of drug-likeness (QED) is 0.255. The van der Waals surface area contributed by atoms with E-state index < -0.39 is 23.5 Å². The van der Waals surface area contributed by atoms with E-state index in [1.54, 1.807) is 12.1 Å². The first-order chi connectivity index (χ1) is 16.7. The van der Waals surface area contributed by atoms with Gasteiger partial charge in [-0.1, -0.05) is 30.3 Å². The van der Waals surface area contributed by atoms with Crippen LogP contribution in [0.3, 0.4) is 0 Å². The Kier molecular flexibility index (Phi) is 8.10. The maximum atomic E-state index is 13.0. The van der Waals surface area contributed by atoms with Gasteiger partial charge in [-0.05, 0) is 59.2 Å². The molecule has 1 N–H and O–H groups in total. The number of nitrogens with one attached hydrogen (secondary N) is 1. The van der Waals surface area contributed by atoms with Crippen LogP contribution in [0.4, 0.5) is 17.6 Å². The minimum absolute atomic E-state index is 0.103. The lowest BCUT2D eigenvalue weighted by Crippen LogP contribution is -2.23. The lowest BCUT2D eigenvalue weighted by Gasteiger charge is -2.13. The first-order valence-electron chi connectivity index (χ1n) is 10.3. The highest BCUT2D eigenvalue weighted by Gasteiger charge is 2.30. The van der Waals surface area contributed by atoms with Crippen LogP contribution in [0.2, 0.25) is 0 Å². The van der Waals surface area contributed by atoms with Crippen molar-refractivity contribution in [1.29, 1.82) is 5.26 Å². The van der Waals surface area contributed by atoms with E-state index in [0.29, 0.717) is 22.4 Å². The Bertz CT molecular complexity index is 1260. The number of carbonyl (C=O) groups excluding carboxylic acids is 1. The molecule has 0 saturated carbocycles. The van der Waals surface area contributed by atoms with Crippen LogP contribution in [-0.2, 0) is 24.1 Å². The average molecular weight is 484 g/mol. The number of carbonyl (C=O) groups is 1. The van der Waals surface area contributed by atoms with Crippen molar-refractivity contribution in [2.45, 2.75) is 19.3 Å². The molecular weight excluding hydrogens is 464 g/mol. The third-order valence-corrected chi connectivity index (χ3v) is 4.88. The Morgan fingerprint density at radius 3 is 2.43 bits per heavy atom. The van der Waals surface area contributed by atoms with Crippen molar-refractivity contribution in [2.75, 3.05) is 7.11 Å². The van der Waals surface area contributed by atoms with Crippen LogP contribution in [0.1, 0.15) is 22.3 Å². The van der Waals surface area contributed by atoms with E-state index in [-0.39, 0.29) is 24.5 Å². The van der Waals surface area contributed by atoms with Crippen molar-refractivity contribution in [3.63, 3.8) is 0 Å². The summed E-state index contributed by atoms with van der Waals surface area (Å²) in [6.45, 7) is -0.0528. The standard InChI is InChI=1S/C26H20F4N2O3/c1-34-23-10-7-18(11-20(14-31)25(33)32-15-17-5-8-22(27)9-6-17)13-24(23)35-16-19-3-2-4-21(12-19)26(28,29)30/h2-13H,15-16H2,1H3,(H,32,33). The van der Waals surface area contributed by atoms with Crippen LogP contribution in [0.5, 0.6) is 11.5 Å². The predicted octanol–water partition coefficient (Wildman–Crippen LogP) is 5.66. The SMILES string of the molecule is COc1ccc(C=C(C#N)C(=O)NCc2ccc(F)cc2)cc1OCc1cccc(C(F)(F)F)c1. The van der Waals surface area contributed by atoms with E-state index in [2.05, 4.69) is 5.32 Å². The summed E-state index contributed by atoms with van der Waals surface area (Å²) in [6, 6.07) is 16.8.